The quantitative estimate of drug-likeness (QED) is 0.308. The molecule has 0 radical (unpaired) electrons. The van der Waals surface area contributed by atoms with Gasteiger partial charge >= 0.3 is 0 Å². The van der Waals surface area contributed by atoms with E-state index in [2.05, 4.69) is 14.9 Å². The largest absolute Gasteiger partial charge is 0.494 e. The van der Waals surface area contributed by atoms with Crippen molar-refractivity contribution in [2.45, 2.75) is 6.42 Å². The zero-order valence-corrected chi connectivity index (χ0v) is 17.8. The highest BCUT2D eigenvalue weighted by Gasteiger charge is 2.10. The summed E-state index contributed by atoms with van der Waals surface area (Å²) in [6.45, 7) is 1.54. The topological polar surface area (TPSA) is 121 Å². The SMILES string of the molecule is CN(C)CCCOc1ccc(/C=c2\[nH]c(=O)/c(=C/c3ccccc3[N+](=O)[O-])[nH]c2=O)cc1. The Kier molecular flexibility index (Phi) is 7.35. The molecule has 166 valence electrons. The first-order chi connectivity index (χ1) is 15.3. The summed E-state index contributed by atoms with van der Waals surface area (Å²) in [6.07, 6.45) is 3.74. The van der Waals surface area contributed by atoms with Crippen molar-refractivity contribution in [3.05, 3.63) is 101 Å². The molecule has 0 saturated heterocycles. The van der Waals surface area contributed by atoms with E-state index in [0.717, 1.165) is 18.7 Å². The van der Waals surface area contributed by atoms with Crippen LogP contribution in [-0.4, -0.2) is 47.0 Å². The number of nitro groups is 1. The number of aromatic amines is 2. The summed E-state index contributed by atoms with van der Waals surface area (Å²) in [6, 6.07) is 13.1. The van der Waals surface area contributed by atoms with Crippen LogP contribution in [0.15, 0.2) is 58.1 Å². The third kappa shape index (κ3) is 6.02. The lowest BCUT2D eigenvalue weighted by Crippen LogP contribution is -2.46. The van der Waals surface area contributed by atoms with Gasteiger partial charge in [-0.25, -0.2) is 0 Å². The molecule has 0 aliphatic heterocycles. The summed E-state index contributed by atoms with van der Waals surface area (Å²) < 4.78 is 5.68. The molecule has 3 aromatic rings. The zero-order valence-electron chi connectivity index (χ0n) is 17.8. The van der Waals surface area contributed by atoms with E-state index in [1.54, 1.807) is 36.4 Å². The van der Waals surface area contributed by atoms with Crippen molar-refractivity contribution in [1.29, 1.82) is 0 Å². The van der Waals surface area contributed by atoms with Crippen molar-refractivity contribution in [3.63, 3.8) is 0 Å². The van der Waals surface area contributed by atoms with Gasteiger partial charge in [0.05, 0.1) is 17.1 Å². The number of aromatic nitrogens is 2. The number of hydrogen-bond donors (Lipinski definition) is 2. The van der Waals surface area contributed by atoms with Gasteiger partial charge in [-0.15, -0.1) is 0 Å². The van der Waals surface area contributed by atoms with Crippen LogP contribution in [0.2, 0.25) is 0 Å². The second kappa shape index (κ2) is 10.4. The second-order valence-electron chi connectivity index (χ2n) is 7.41. The molecule has 0 atom stereocenters. The van der Waals surface area contributed by atoms with Crippen molar-refractivity contribution in [2.24, 2.45) is 0 Å². The zero-order chi connectivity index (χ0) is 23.1. The molecule has 1 aromatic heterocycles. The third-order valence-corrected chi connectivity index (χ3v) is 4.63. The first kappa shape index (κ1) is 22.7. The Morgan fingerprint density at radius 2 is 1.59 bits per heavy atom. The number of nitro benzene ring substituents is 1. The minimum absolute atomic E-state index is 0.0667. The van der Waals surface area contributed by atoms with E-state index in [1.165, 1.54) is 24.3 Å². The molecular weight excluding hydrogens is 412 g/mol. The van der Waals surface area contributed by atoms with Crippen molar-refractivity contribution in [1.82, 2.24) is 14.9 Å². The fourth-order valence-electron chi connectivity index (χ4n) is 3.03. The third-order valence-electron chi connectivity index (χ3n) is 4.63. The molecule has 0 unspecified atom stereocenters. The van der Waals surface area contributed by atoms with Crippen LogP contribution in [-0.2, 0) is 0 Å². The standard InChI is InChI=1S/C23H24N4O5/c1-26(2)12-5-13-32-18-10-8-16(9-11-18)14-19-22(28)25-20(23(29)24-19)15-17-6-3-4-7-21(17)27(30)31/h3-4,6-11,14-15H,5,12-13H2,1-2H3,(H,24,29)(H,25,28)/b19-14-,20-15-. The molecule has 0 bridgehead atoms. The van der Waals surface area contributed by atoms with Gasteiger partial charge in [0, 0.05) is 12.6 Å². The van der Waals surface area contributed by atoms with Gasteiger partial charge in [-0.1, -0.05) is 24.3 Å². The van der Waals surface area contributed by atoms with Crippen LogP contribution in [0.25, 0.3) is 12.2 Å². The van der Waals surface area contributed by atoms with Gasteiger partial charge in [-0.05, 0) is 56.4 Å². The molecule has 0 saturated carbocycles. The maximum absolute atomic E-state index is 12.5. The molecule has 9 nitrogen and oxygen atoms in total. The smallest absolute Gasteiger partial charge is 0.276 e. The predicted octanol–water partition coefficient (Wildman–Crippen LogP) is 0.960. The molecule has 2 aromatic carbocycles. The summed E-state index contributed by atoms with van der Waals surface area (Å²) in [4.78, 5) is 42.6. The average molecular weight is 436 g/mol. The monoisotopic (exact) mass is 436 g/mol. The number of ether oxygens (including phenoxy) is 1. The Morgan fingerprint density at radius 1 is 0.969 bits per heavy atom. The Balaban J connectivity index is 1.85. The van der Waals surface area contributed by atoms with Crippen molar-refractivity contribution < 1.29 is 9.66 Å². The van der Waals surface area contributed by atoms with E-state index in [9.17, 15) is 19.7 Å². The molecule has 0 amide bonds. The van der Waals surface area contributed by atoms with Crippen LogP contribution in [0.3, 0.4) is 0 Å². The molecule has 0 aliphatic carbocycles. The molecule has 32 heavy (non-hydrogen) atoms. The molecule has 9 heteroatoms. The number of rotatable bonds is 8. The maximum atomic E-state index is 12.5. The van der Waals surface area contributed by atoms with Gasteiger partial charge in [-0.3, -0.25) is 19.7 Å². The predicted molar refractivity (Wildman–Crippen MR) is 122 cm³/mol. The Hall–Kier alpha value is -3.98. The number of para-hydroxylation sites is 1. The Labute approximate surface area is 183 Å². The number of benzene rings is 2. The van der Waals surface area contributed by atoms with Gasteiger partial charge in [0.2, 0.25) is 0 Å². The van der Waals surface area contributed by atoms with Crippen molar-refractivity contribution >= 4 is 17.8 Å². The van der Waals surface area contributed by atoms with Crippen LogP contribution < -0.4 is 26.6 Å². The number of nitrogens with zero attached hydrogens (tertiary/aromatic N) is 2. The normalized spacial score (nSPS) is 12.3. The van der Waals surface area contributed by atoms with Crippen LogP contribution >= 0.6 is 0 Å². The second-order valence-corrected chi connectivity index (χ2v) is 7.41. The molecule has 2 N–H and O–H groups in total. The minimum atomic E-state index is -0.560. The molecule has 3 rings (SSSR count). The fourth-order valence-corrected chi connectivity index (χ4v) is 3.03. The molecular formula is C23H24N4O5. The van der Waals surface area contributed by atoms with Crippen LogP contribution in [0.1, 0.15) is 17.5 Å². The summed E-state index contributed by atoms with van der Waals surface area (Å²) in [7, 11) is 4.01. The van der Waals surface area contributed by atoms with Gasteiger partial charge in [0.1, 0.15) is 16.4 Å². The first-order valence-electron chi connectivity index (χ1n) is 10.0. The van der Waals surface area contributed by atoms with E-state index in [-0.39, 0.29) is 21.9 Å². The van der Waals surface area contributed by atoms with E-state index >= 15 is 0 Å². The molecule has 0 aliphatic rings. The van der Waals surface area contributed by atoms with Crippen LogP contribution in [0.4, 0.5) is 5.69 Å². The minimum Gasteiger partial charge on any atom is -0.494 e. The lowest BCUT2D eigenvalue weighted by molar-refractivity contribution is -0.385. The Morgan fingerprint density at radius 3 is 2.22 bits per heavy atom. The fraction of sp³-hybridized carbons (Fsp3) is 0.217. The van der Waals surface area contributed by atoms with E-state index in [0.29, 0.717) is 12.2 Å². The summed E-state index contributed by atoms with van der Waals surface area (Å²) in [5.41, 5.74) is -0.306. The lowest BCUT2D eigenvalue weighted by Gasteiger charge is -2.10. The van der Waals surface area contributed by atoms with Gasteiger partial charge in [0.15, 0.2) is 0 Å². The highest BCUT2D eigenvalue weighted by atomic mass is 16.6. The molecule has 0 spiro atoms. The number of hydrogen-bond acceptors (Lipinski definition) is 6. The van der Waals surface area contributed by atoms with Crippen molar-refractivity contribution in [2.75, 3.05) is 27.2 Å². The lowest BCUT2D eigenvalue weighted by atomic mass is 10.1. The van der Waals surface area contributed by atoms with Gasteiger partial charge in [-0.2, -0.15) is 0 Å². The summed E-state index contributed by atoms with van der Waals surface area (Å²) in [5.74, 6) is 0.720. The van der Waals surface area contributed by atoms with Crippen LogP contribution in [0.5, 0.6) is 5.75 Å². The van der Waals surface area contributed by atoms with E-state index in [1.807, 2.05) is 14.1 Å². The number of H-pyrrole nitrogens is 2. The highest BCUT2D eigenvalue weighted by Crippen LogP contribution is 2.17. The Bertz CT molecular complexity index is 1320. The highest BCUT2D eigenvalue weighted by molar-refractivity contribution is 5.59. The summed E-state index contributed by atoms with van der Waals surface area (Å²) in [5, 5.41) is 11.2. The summed E-state index contributed by atoms with van der Waals surface area (Å²) >= 11 is 0. The van der Waals surface area contributed by atoms with Crippen molar-refractivity contribution in [3.8, 4) is 5.75 Å². The number of nitrogens with one attached hydrogen (secondary N) is 2. The first-order valence-corrected chi connectivity index (χ1v) is 10.0. The van der Waals surface area contributed by atoms with Gasteiger partial charge in [0.25, 0.3) is 16.8 Å². The van der Waals surface area contributed by atoms with E-state index < -0.39 is 16.0 Å². The maximum Gasteiger partial charge on any atom is 0.276 e. The van der Waals surface area contributed by atoms with E-state index in [4.69, 9.17) is 4.74 Å². The molecule has 1 heterocycles. The average Bonchev–Trinajstić information content (AvgIpc) is 2.76. The molecule has 0 fully saturated rings. The van der Waals surface area contributed by atoms with Gasteiger partial charge < -0.3 is 19.6 Å². The van der Waals surface area contributed by atoms with Crippen LogP contribution in [0, 0.1) is 10.1 Å².